The molecule has 6 heteroatoms. The quantitative estimate of drug-likeness (QED) is 0.712. The van der Waals surface area contributed by atoms with Crippen LogP contribution in [0.4, 0.5) is 13.2 Å². The van der Waals surface area contributed by atoms with Crippen LogP contribution < -0.4 is 5.73 Å². The van der Waals surface area contributed by atoms with Crippen molar-refractivity contribution in [3.05, 3.63) is 0 Å². The normalized spacial score (nSPS) is 14.6. The zero-order chi connectivity index (χ0) is 11.9. The molecule has 0 aromatic carbocycles. The van der Waals surface area contributed by atoms with E-state index < -0.39 is 12.7 Å². The summed E-state index contributed by atoms with van der Waals surface area (Å²) in [6.07, 6.45) is -3.52. The largest absolute Gasteiger partial charge is 0.401 e. The SMILES string of the molecule is CCCN(CC(F)(F)F)C(CN)COC. The Kier molecular flexibility index (Phi) is 6.87. The van der Waals surface area contributed by atoms with E-state index in [1.54, 1.807) is 0 Å². The Morgan fingerprint density at radius 2 is 2.00 bits per heavy atom. The Bertz CT molecular complexity index is 164. The fourth-order valence-electron chi connectivity index (χ4n) is 1.42. The summed E-state index contributed by atoms with van der Waals surface area (Å²) in [5, 5.41) is 0. The molecule has 0 bridgehead atoms. The summed E-state index contributed by atoms with van der Waals surface area (Å²) in [7, 11) is 1.46. The topological polar surface area (TPSA) is 38.5 Å². The van der Waals surface area contributed by atoms with E-state index in [0.29, 0.717) is 13.0 Å². The zero-order valence-electron chi connectivity index (χ0n) is 9.18. The first-order valence-electron chi connectivity index (χ1n) is 4.94. The lowest BCUT2D eigenvalue weighted by Gasteiger charge is -2.30. The Morgan fingerprint density at radius 3 is 2.33 bits per heavy atom. The third-order valence-corrected chi connectivity index (χ3v) is 2.04. The van der Waals surface area contributed by atoms with Crippen molar-refractivity contribution >= 4 is 0 Å². The van der Waals surface area contributed by atoms with E-state index in [1.807, 2.05) is 6.92 Å². The molecule has 0 amide bonds. The second-order valence-corrected chi connectivity index (χ2v) is 3.43. The van der Waals surface area contributed by atoms with E-state index in [0.717, 1.165) is 0 Å². The Hall–Kier alpha value is -0.330. The van der Waals surface area contributed by atoms with Crippen LogP contribution >= 0.6 is 0 Å². The van der Waals surface area contributed by atoms with Gasteiger partial charge in [0.05, 0.1) is 13.2 Å². The Labute approximate surface area is 88.4 Å². The van der Waals surface area contributed by atoms with Crippen LogP contribution in [0.25, 0.3) is 0 Å². The van der Waals surface area contributed by atoms with Crippen LogP contribution in [0.2, 0.25) is 0 Å². The Morgan fingerprint density at radius 1 is 1.40 bits per heavy atom. The van der Waals surface area contributed by atoms with Gasteiger partial charge in [-0.2, -0.15) is 13.2 Å². The van der Waals surface area contributed by atoms with Crippen LogP contribution in [-0.2, 0) is 4.74 Å². The second-order valence-electron chi connectivity index (χ2n) is 3.43. The highest BCUT2D eigenvalue weighted by Crippen LogP contribution is 2.18. The van der Waals surface area contributed by atoms with Crippen molar-refractivity contribution in [2.45, 2.75) is 25.6 Å². The van der Waals surface area contributed by atoms with Crippen LogP contribution in [0.15, 0.2) is 0 Å². The molecule has 1 atom stereocenters. The fraction of sp³-hybridized carbons (Fsp3) is 1.00. The van der Waals surface area contributed by atoms with E-state index in [4.69, 9.17) is 10.5 Å². The standard InChI is InChI=1S/C9H19F3N2O/c1-3-4-14(7-9(10,11)12)8(5-13)6-15-2/h8H,3-7,13H2,1-2H3. The van der Waals surface area contributed by atoms with Gasteiger partial charge in [-0.25, -0.2) is 0 Å². The van der Waals surface area contributed by atoms with Crippen molar-refractivity contribution in [3.63, 3.8) is 0 Å². The molecule has 0 aliphatic rings. The lowest BCUT2D eigenvalue weighted by atomic mass is 10.2. The van der Waals surface area contributed by atoms with Crippen molar-refractivity contribution in [1.29, 1.82) is 0 Å². The molecule has 0 saturated heterocycles. The average Bonchev–Trinajstić information content (AvgIpc) is 2.11. The molecule has 0 aliphatic heterocycles. The molecule has 1 unspecified atom stereocenters. The van der Waals surface area contributed by atoms with Gasteiger partial charge < -0.3 is 10.5 Å². The van der Waals surface area contributed by atoms with E-state index in [2.05, 4.69) is 0 Å². The maximum absolute atomic E-state index is 12.2. The highest BCUT2D eigenvalue weighted by Gasteiger charge is 2.33. The molecule has 0 aliphatic carbocycles. The number of nitrogens with zero attached hydrogens (tertiary/aromatic N) is 1. The monoisotopic (exact) mass is 228 g/mol. The summed E-state index contributed by atoms with van der Waals surface area (Å²) in [6.45, 7) is 1.69. The van der Waals surface area contributed by atoms with Gasteiger partial charge in [0, 0.05) is 19.7 Å². The van der Waals surface area contributed by atoms with Gasteiger partial charge in [-0.3, -0.25) is 4.90 Å². The number of methoxy groups -OCH3 is 1. The van der Waals surface area contributed by atoms with Crippen molar-refractivity contribution in [2.75, 3.05) is 33.4 Å². The minimum atomic E-state index is -4.18. The van der Waals surface area contributed by atoms with Gasteiger partial charge in [-0.1, -0.05) is 6.92 Å². The molecule has 0 heterocycles. The van der Waals surface area contributed by atoms with E-state index >= 15 is 0 Å². The van der Waals surface area contributed by atoms with Crippen molar-refractivity contribution in [3.8, 4) is 0 Å². The molecule has 0 spiro atoms. The van der Waals surface area contributed by atoms with Gasteiger partial charge in [0.1, 0.15) is 0 Å². The van der Waals surface area contributed by atoms with Gasteiger partial charge in [0.25, 0.3) is 0 Å². The van der Waals surface area contributed by atoms with Crippen LogP contribution in [0.1, 0.15) is 13.3 Å². The predicted molar refractivity (Wildman–Crippen MR) is 52.6 cm³/mol. The van der Waals surface area contributed by atoms with Crippen LogP contribution in [0.5, 0.6) is 0 Å². The maximum Gasteiger partial charge on any atom is 0.401 e. The van der Waals surface area contributed by atoms with Gasteiger partial charge in [-0.05, 0) is 13.0 Å². The number of hydrogen-bond donors (Lipinski definition) is 1. The average molecular weight is 228 g/mol. The first-order chi connectivity index (χ1) is 6.94. The zero-order valence-corrected chi connectivity index (χ0v) is 9.18. The second kappa shape index (κ2) is 7.03. The summed E-state index contributed by atoms with van der Waals surface area (Å²) in [5.74, 6) is 0. The number of halogens is 3. The molecule has 3 nitrogen and oxygen atoms in total. The summed E-state index contributed by atoms with van der Waals surface area (Å²) in [6, 6.07) is -0.364. The van der Waals surface area contributed by atoms with Gasteiger partial charge in [-0.15, -0.1) is 0 Å². The fourth-order valence-corrected chi connectivity index (χ4v) is 1.42. The van der Waals surface area contributed by atoms with Crippen molar-refractivity contribution < 1.29 is 17.9 Å². The molecule has 0 aromatic rings. The molecule has 0 radical (unpaired) electrons. The molecular weight excluding hydrogens is 209 g/mol. The van der Waals surface area contributed by atoms with Crippen molar-refractivity contribution in [1.82, 2.24) is 4.90 Å². The number of ether oxygens (including phenoxy) is 1. The molecule has 2 N–H and O–H groups in total. The summed E-state index contributed by atoms with van der Waals surface area (Å²) < 4.78 is 41.6. The molecule has 0 aromatic heterocycles. The highest BCUT2D eigenvalue weighted by atomic mass is 19.4. The minimum absolute atomic E-state index is 0.171. The summed E-state index contributed by atoms with van der Waals surface area (Å²) in [5.41, 5.74) is 5.42. The van der Waals surface area contributed by atoms with Crippen LogP contribution in [0.3, 0.4) is 0 Å². The molecule has 0 fully saturated rings. The Balaban J connectivity index is 4.33. The maximum atomic E-state index is 12.2. The predicted octanol–water partition coefficient (Wildman–Crippen LogP) is 1.23. The first kappa shape index (κ1) is 14.7. The first-order valence-corrected chi connectivity index (χ1v) is 4.94. The third-order valence-electron chi connectivity index (χ3n) is 2.04. The molecule has 92 valence electrons. The summed E-state index contributed by atoms with van der Waals surface area (Å²) >= 11 is 0. The number of hydrogen-bond acceptors (Lipinski definition) is 3. The molecule has 15 heavy (non-hydrogen) atoms. The van der Waals surface area contributed by atoms with Gasteiger partial charge >= 0.3 is 6.18 Å². The lowest BCUT2D eigenvalue weighted by molar-refractivity contribution is -0.152. The van der Waals surface area contributed by atoms with Crippen LogP contribution in [-0.4, -0.2) is 50.5 Å². The number of alkyl halides is 3. The van der Waals surface area contributed by atoms with Crippen LogP contribution in [0, 0.1) is 0 Å². The van der Waals surface area contributed by atoms with E-state index in [9.17, 15) is 13.2 Å². The molecule has 0 rings (SSSR count). The summed E-state index contributed by atoms with van der Waals surface area (Å²) in [4.78, 5) is 1.32. The van der Waals surface area contributed by atoms with E-state index in [-0.39, 0.29) is 19.2 Å². The molecule has 0 saturated carbocycles. The molecular formula is C9H19F3N2O. The third kappa shape index (κ3) is 6.70. The van der Waals surface area contributed by atoms with Crippen molar-refractivity contribution in [2.24, 2.45) is 5.73 Å². The van der Waals surface area contributed by atoms with Gasteiger partial charge in [0.2, 0.25) is 0 Å². The van der Waals surface area contributed by atoms with Gasteiger partial charge in [0.15, 0.2) is 0 Å². The smallest absolute Gasteiger partial charge is 0.383 e. The number of rotatable bonds is 7. The highest BCUT2D eigenvalue weighted by molar-refractivity contribution is 4.74. The minimum Gasteiger partial charge on any atom is -0.383 e. The number of nitrogens with two attached hydrogens (primary N) is 1. The van der Waals surface area contributed by atoms with E-state index in [1.165, 1.54) is 12.0 Å². The lowest BCUT2D eigenvalue weighted by Crippen LogP contribution is -2.48.